The number of allylic oxidation sites excluding steroid dienone is 4. The van der Waals surface area contributed by atoms with Crippen molar-refractivity contribution in [1.29, 1.82) is 0 Å². The van der Waals surface area contributed by atoms with Crippen molar-refractivity contribution in [2.45, 2.75) is 39.8 Å². The van der Waals surface area contributed by atoms with E-state index in [0.717, 1.165) is 12.8 Å². The molecule has 2 aromatic carbocycles. The van der Waals surface area contributed by atoms with Crippen LogP contribution in [0.4, 0.5) is 0 Å². The van der Waals surface area contributed by atoms with Gasteiger partial charge in [0.05, 0.1) is 0 Å². The van der Waals surface area contributed by atoms with Crippen molar-refractivity contribution in [2.75, 3.05) is 0 Å². The molecule has 0 heterocycles. The molecule has 26 heavy (non-hydrogen) atoms. The topological polar surface area (TPSA) is 0 Å². The van der Waals surface area contributed by atoms with E-state index in [4.69, 9.17) is 0 Å². The van der Waals surface area contributed by atoms with Crippen LogP contribution in [0, 0.1) is 0 Å². The number of halogens is 2. The summed E-state index contributed by atoms with van der Waals surface area (Å²) in [6.07, 6.45) is 4.71. The SMILES string of the molecule is CC1=CCC(c2ccc3c([c]2[Zr+2][SiH](C)C)Cc2ccccc2-3)=C1C.[Cl-].[Cl-]. The average molecular weight is 479 g/mol. The fraction of sp³-hybridized carbons (Fsp3) is 0.273. The number of rotatable bonds is 3. The van der Waals surface area contributed by atoms with Gasteiger partial charge in [-0.25, -0.2) is 0 Å². The molecule has 0 radical (unpaired) electrons. The molecule has 2 aliphatic carbocycles. The van der Waals surface area contributed by atoms with Gasteiger partial charge in [-0.3, -0.25) is 0 Å². The molecule has 0 atom stereocenters. The quantitative estimate of drug-likeness (QED) is 0.428. The van der Waals surface area contributed by atoms with Gasteiger partial charge in [0.1, 0.15) is 0 Å². The Morgan fingerprint density at radius 2 is 1.58 bits per heavy atom. The van der Waals surface area contributed by atoms with Crippen LogP contribution in [0.15, 0.2) is 53.6 Å². The summed E-state index contributed by atoms with van der Waals surface area (Å²) in [5, 5.41) is 0. The van der Waals surface area contributed by atoms with Gasteiger partial charge in [0.15, 0.2) is 0 Å². The van der Waals surface area contributed by atoms with Gasteiger partial charge in [-0.05, 0) is 0 Å². The van der Waals surface area contributed by atoms with Crippen molar-refractivity contribution in [3.63, 3.8) is 0 Å². The van der Waals surface area contributed by atoms with Gasteiger partial charge in [-0.2, -0.15) is 0 Å². The summed E-state index contributed by atoms with van der Waals surface area (Å²) in [7, 11) is 0. The molecule has 0 bridgehead atoms. The second-order valence-electron chi connectivity index (χ2n) is 7.34. The molecule has 0 saturated carbocycles. The predicted octanol–water partition coefficient (Wildman–Crippen LogP) is -0.919. The Hall–Kier alpha value is -0.400. The molecular formula is C22H24Cl2SiZr. The standard InChI is InChI=1S/C20H17.C2H7Si.2ClH.Zr/c1-13-7-9-18(14(13)2)16-8-10-20-17(12-16)11-15-5-3-4-6-19(15)20;1-3-2;;;/h3-8,10H,9,11H2,1-2H3;3H,1-2H3;2*1H;/q;;;;+2/p-2. The summed E-state index contributed by atoms with van der Waals surface area (Å²) in [5.41, 5.74) is 12.5. The Balaban J connectivity index is 0.00000121. The van der Waals surface area contributed by atoms with Gasteiger partial charge in [0.25, 0.3) is 0 Å². The first-order valence-electron chi connectivity index (χ1n) is 8.94. The molecule has 2 aromatic rings. The molecule has 0 spiro atoms. The molecule has 0 amide bonds. The van der Waals surface area contributed by atoms with Crippen LogP contribution in [0.25, 0.3) is 16.7 Å². The van der Waals surface area contributed by atoms with Crippen molar-refractivity contribution in [2.24, 2.45) is 0 Å². The van der Waals surface area contributed by atoms with E-state index in [1.54, 1.807) is 16.7 Å². The second-order valence-corrected chi connectivity index (χ2v) is 21.8. The molecule has 0 N–H and O–H groups in total. The number of benzene rings is 2. The largest absolute Gasteiger partial charge is 1.00 e. The Bertz CT molecular complexity index is 897. The molecule has 0 nitrogen and oxygen atoms in total. The number of fused-ring (bicyclic) bond motifs is 3. The maximum absolute atomic E-state index is 2.55. The van der Waals surface area contributed by atoms with Crippen molar-refractivity contribution in [1.82, 2.24) is 0 Å². The minimum atomic E-state index is -0.506. The van der Waals surface area contributed by atoms with E-state index in [1.807, 2.05) is 3.27 Å². The minimum absolute atomic E-state index is 0. The third-order valence-electron chi connectivity index (χ3n) is 5.40. The first kappa shape index (κ1) is 21.9. The fourth-order valence-corrected chi connectivity index (χ4v) is 12.7. The molecule has 0 saturated heterocycles. The van der Waals surface area contributed by atoms with E-state index in [1.165, 1.54) is 27.8 Å². The van der Waals surface area contributed by atoms with Crippen LogP contribution in [0.5, 0.6) is 0 Å². The molecular weight excluding hydrogens is 454 g/mol. The summed E-state index contributed by atoms with van der Waals surface area (Å²) in [4.78, 5) is 0. The first-order valence-corrected chi connectivity index (χ1v) is 17.3. The van der Waals surface area contributed by atoms with Crippen LogP contribution in [0.1, 0.15) is 37.0 Å². The van der Waals surface area contributed by atoms with E-state index in [9.17, 15) is 0 Å². The Kier molecular flexibility index (Phi) is 7.36. The minimum Gasteiger partial charge on any atom is -1.00 e. The zero-order valence-electron chi connectivity index (χ0n) is 15.8. The van der Waals surface area contributed by atoms with Crippen LogP contribution in [0.3, 0.4) is 0 Å². The van der Waals surface area contributed by atoms with Crippen LogP contribution < -0.4 is 28.1 Å². The van der Waals surface area contributed by atoms with E-state index in [2.05, 4.69) is 69.4 Å². The number of hydrogen-bond acceptors (Lipinski definition) is 0. The summed E-state index contributed by atoms with van der Waals surface area (Å²) >= 11 is -0.456. The second kappa shape index (κ2) is 8.74. The van der Waals surface area contributed by atoms with Crippen LogP contribution >= 0.6 is 0 Å². The van der Waals surface area contributed by atoms with Gasteiger partial charge in [0, 0.05) is 0 Å². The number of hydrogen-bond donors (Lipinski definition) is 0. The fourth-order valence-electron chi connectivity index (χ4n) is 4.03. The summed E-state index contributed by atoms with van der Waals surface area (Å²) in [6.45, 7) is 9.69. The normalized spacial score (nSPS) is 14.3. The Morgan fingerprint density at radius 1 is 0.885 bits per heavy atom. The van der Waals surface area contributed by atoms with Crippen molar-refractivity contribution >= 4 is 14.8 Å². The van der Waals surface area contributed by atoms with Crippen molar-refractivity contribution in [3.8, 4) is 11.1 Å². The van der Waals surface area contributed by atoms with Gasteiger partial charge < -0.3 is 24.8 Å². The molecule has 0 aromatic heterocycles. The summed E-state index contributed by atoms with van der Waals surface area (Å²) < 4.78 is 1.83. The van der Waals surface area contributed by atoms with Crippen molar-refractivity contribution < 1.29 is 47.2 Å². The molecule has 2 aliphatic rings. The molecule has 0 aliphatic heterocycles. The van der Waals surface area contributed by atoms with Crippen molar-refractivity contribution in [3.05, 3.63) is 70.3 Å². The molecule has 134 valence electrons. The van der Waals surface area contributed by atoms with E-state index >= 15 is 0 Å². The van der Waals surface area contributed by atoms with Gasteiger partial charge in [0.2, 0.25) is 0 Å². The molecule has 0 fully saturated rings. The maximum Gasteiger partial charge on any atom is -1.00 e. The van der Waals surface area contributed by atoms with Gasteiger partial charge in [-0.1, -0.05) is 0 Å². The maximum atomic E-state index is 2.55. The monoisotopic (exact) mass is 476 g/mol. The summed E-state index contributed by atoms with van der Waals surface area (Å²) in [5.74, 6) is -0.506. The zero-order valence-corrected chi connectivity index (χ0v) is 20.9. The van der Waals surface area contributed by atoms with E-state index in [0.29, 0.717) is 0 Å². The predicted molar refractivity (Wildman–Crippen MR) is 104 cm³/mol. The van der Waals surface area contributed by atoms with Gasteiger partial charge in [-0.15, -0.1) is 0 Å². The Morgan fingerprint density at radius 3 is 2.23 bits per heavy atom. The van der Waals surface area contributed by atoms with E-state index in [-0.39, 0.29) is 24.8 Å². The molecule has 4 heteroatoms. The third kappa shape index (κ3) is 3.76. The van der Waals surface area contributed by atoms with Crippen LogP contribution in [0.2, 0.25) is 13.1 Å². The van der Waals surface area contributed by atoms with Gasteiger partial charge >= 0.3 is 158 Å². The van der Waals surface area contributed by atoms with Crippen LogP contribution in [-0.2, 0) is 28.8 Å². The average Bonchev–Trinajstić information content (AvgIpc) is 3.09. The first-order chi connectivity index (χ1) is 11.6. The van der Waals surface area contributed by atoms with Crippen LogP contribution in [-0.4, -0.2) is 5.92 Å². The molecule has 0 unspecified atom stereocenters. The Labute approximate surface area is 182 Å². The molecule has 4 rings (SSSR count). The zero-order chi connectivity index (χ0) is 16.8. The smallest absolute Gasteiger partial charge is 1.00 e. The third-order valence-corrected chi connectivity index (χ3v) is 14.1. The van der Waals surface area contributed by atoms with E-state index < -0.39 is 28.3 Å². The summed E-state index contributed by atoms with van der Waals surface area (Å²) in [6, 6.07) is 13.9.